The summed E-state index contributed by atoms with van der Waals surface area (Å²) in [6.07, 6.45) is 0. The topological polar surface area (TPSA) is 78.7 Å². The van der Waals surface area contributed by atoms with Gasteiger partial charge < -0.3 is 15.1 Å². The van der Waals surface area contributed by atoms with Crippen molar-refractivity contribution in [3.05, 3.63) is 87.4 Å². The van der Waals surface area contributed by atoms with Crippen LogP contribution in [0.2, 0.25) is 5.02 Å². The average Bonchev–Trinajstić information content (AvgIpc) is 2.81. The third kappa shape index (κ3) is 5.65. The second-order valence-corrected chi connectivity index (χ2v) is 9.31. The quantitative estimate of drug-likeness (QED) is 0.374. The summed E-state index contributed by atoms with van der Waals surface area (Å²) in [6, 6.07) is 19.3. The third-order valence-corrected chi connectivity index (χ3v) is 6.76. The number of nitrogens with zero attached hydrogens (tertiary/aromatic N) is 3. The van der Waals surface area contributed by atoms with E-state index in [9.17, 15) is 14.9 Å². The normalized spacial score (nSPS) is 14.2. The second-order valence-electron chi connectivity index (χ2n) is 7.76. The molecule has 3 aromatic carbocycles. The molecule has 4 rings (SSSR count). The lowest BCUT2D eigenvalue weighted by atomic mass is 10.1. The molecule has 1 saturated heterocycles. The number of likely N-dealkylation sites (N-methyl/N-ethyl adjacent to an activating group) is 1. The van der Waals surface area contributed by atoms with Gasteiger partial charge in [0.05, 0.1) is 21.9 Å². The van der Waals surface area contributed by atoms with Crippen molar-refractivity contribution in [3.63, 3.8) is 0 Å². The maximum absolute atomic E-state index is 13.4. The van der Waals surface area contributed by atoms with Crippen molar-refractivity contribution in [2.45, 2.75) is 9.79 Å². The van der Waals surface area contributed by atoms with E-state index in [2.05, 4.69) is 22.2 Å². The Hall–Kier alpha value is -3.07. The van der Waals surface area contributed by atoms with E-state index in [4.69, 9.17) is 11.6 Å². The Kier molecular flexibility index (Phi) is 7.17. The minimum Gasteiger partial charge on any atom is -0.367 e. The predicted molar refractivity (Wildman–Crippen MR) is 133 cm³/mol. The molecule has 0 atom stereocenters. The van der Waals surface area contributed by atoms with Crippen molar-refractivity contribution < 1.29 is 9.72 Å². The molecule has 9 heteroatoms. The van der Waals surface area contributed by atoms with Crippen LogP contribution < -0.4 is 10.2 Å². The predicted octanol–water partition coefficient (Wildman–Crippen LogP) is 5.40. The molecule has 0 unspecified atom stereocenters. The number of amides is 1. The number of hydrogen-bond donors (Lipinski definition) is 1. The minimum atomic E-state index is -0.497. The molecule has 1 amide bonds. The molecule has 0 aromatic heterocycles. The number of halogens is 1. The molecule has 1 fully saturated rings. The molecule has 33 heavy (non-hydrogen) atoms. The van der Waals surface area contributed by atoms with Gasteiger partial charge in [0.15, 0.2) is 0 Å². The summed E-state index contributed by atoms with van der Waals surface area (Å²) in [6.45, 7) is 3.48. The summed E-state index contributed by atoms with van der Waals surface area (Å²) in [5, 5.41) is 14.8. The number of nitrogens with one attached hydrogen (secondary N) is 1. The summed E-state index contributed by atoms with van der Waals surface area (Å²) in [5.74, 6) is -0.422. The van der Waals surface area contributed by atoms with E-state index >= 15 is 0 Å². The van der Waals surface area contributed by atoms with Gasteiger partial charge in [0, 0.05) is 53.1 Å². The largest absolute Gasteiger partial charge is 0.367 e. The maximum Gasteiger partial charge on any atom is 0.270 e. The zero-order valence-electron chi connectivity index (χ0n) is 18.0. The highest BCUT2D eigenvalue weighted by Crippen LogP contribution is 2.35. The molecule has 0 aliphatic carbocycles. The number of benzene rings is 3. The van der Waals surface area contributed by atoms with Crippen molar-refractivity contribution in [2.75, 3.05) is 43.4 Å². The number of anilines is 2. The standard InChI is InChI=1S/C24H23ClN4O3S/c1-27-11-13-28(14-12-27)22-9-7-17(25)15-21(22)26-24(30)20-16-18(29(31)32)8-10-23(20)33-19-5-3-2-4-6-19/h2-10,15-16H,11-14H2,1H3,(H,26,30). The number of nitro groups is 1. The van der Waals surface area contributed by atoms with Crippen LogP contribution in [0, 0.1) is 10.1 Å². The van der Waals surface area contributed by atoms with Gasteiger partial charge in [-0.3, -0.25) is 14.9 Å². The van der Waals surface area contributed by atoms with E-state index in [1.54, 1.807) is 18.2 Å². The Balaban J connectivity index is 1.66. The van der Waals surface area contributed by atoms with Crippen molar-refractivity contribution >= 4 is 46.3 Å². The van der Waals surface area contributed by atoms with E-state index in [1.807, 2.05) is 36.4 Å². The second kappa shape index (κ2) is 10.2. The number of nitro benzene ring substituents is 1. The zero-order valence-corrected chi connectivity index (χ0v) is 19.6. The first-order valence-corrected chi connectivity index (χ1v) is 11.7. The molecule has 0 bridgehead atoms. The first kappa shape index (κ1) is 23.1. The zero-order chi connectivity index (χ0) is 23.4. The number of hydrogen-bond acceptors (Lipinski definition) is 6. The number of non-ortho nitro benzene ring substituents is 1. The van der Waals surface area contributed by atoms with Crippen LogP contribution in [0.1, 0.15) is 10.4 Å². The third-order valence-electron chi connectivity index (χ3n) is 5.44. The summed E-state index contributed by atoms with van der Waals surface area (Å²) in [5.41, 5.74) is 1.56. The lowest BCUT2D eigenvalue weighted by molar-refractivity contribution is -0.384. The van der Waals surface area contributed by atoms with Gasteiger partial charge in [0.2, 0.25) is 0 Å². The van der Waals surface area contributed by atoms with Crippen molar-refractivity contribution in [2.24, 2.45) is 0 Å². The van der Waals surface area contributed by atoms with Crippen LogP contribution >= 0.6 is 23.4 Å². The molecule has 1 aliphatic heterocycles. The molecule has 1 N–H and O–H groups in total. The van der Waals surface area contributed by atoms with Gasteiger partial charge in [0.1, 0.15) is 0 Å². The van der Waals surface area contributed by atoms with Crippen molar-refractivity contribution in [1.82, 2.24) is 4.90 Å². The Labute approximate surface area is 201 Å². The molecular weight excluding hydrogens is 460 g/mol. The minimum absolute atomic E-state index is 0.136. The van der Waals surface area contributed by atoms with Crippen LogP contribution in [0.3, 0.4) is 0 Å². The van der Waals surface area contributed by atoms with Gasteiger partial charge in [-0.15, -0.1) is 0 Å². The Bertz CT molecular complexity index is 1170. The van der Waals surface area contributed by atoms with Gasteiger partial charge in [-0.2, -0.15) is 0 Å². The van der Waals surface area contributed by atoms with Gasteiger partial charge >= 0.3 is 0 Å². The molecule has 0 radical (unpaired) electrons. The molecular formula is C24H23ClN4O3S. The average molecular weight is 483 g/mol. The monoisotopic (exact) mass is 482 g/mol. The molecule has 7 nitrogen and oxygen atoms in total. The fourth-order valence-electron chi connectivity index (χ4n) is 3.63. The van der Waals surface area contributed by atoms with Crippen molar-refractivity contribution in [3.8, 4) is 0 Å². The molecule has 1 aliphatic rings. The van der Waals surface area contributed by atoms with Crippen LogP contribution in [-0.2, 0) is 0 Å². The molecule has 0 spiro atoms. The Morgan fingerprint density at radius 1 is 1.03 bits per heavy atom. The first-order valence-electron chi connectivity index (χ1n) is 10.5. The highest BCUT2D eigenvalue weighted by Gasteiger charge is 2.22. The van der Waals surface area contributed by atoms with Gasteiger partial charge in [0.25, 0.3) is 11.6 Å². The first-order chi connectivity index (χ1) is 15.9. The van der Waals surface area contributed by atoms with Crippen molar-refractivity contribution in [1.29, 1.82) is 0 Å². The van der Waals surface area contributed by atoms with E-state index < -0.39 is 10.8 Å². The van der Waals surface area contributed by atoms with Crippen LogP contribution in [0.25, 0.3) is 0 Å². The summed E-state index contributed by atoms with van der Waals surface area (Å²) in [4.78, 5) is 30.3. The summed E-state index contributed by atoms with van der Waals surface area (Å²) in [7, 11) is 2.08. The van der Waals surface area contributed by atoms with Gasteiger partial charge in [-0.05, 0) is 43.4 Å². The number of carbonyl (C=O) groups is 1. The number of piperazine rings is 1. The van der Waals surface area contributed by atoms with Crippen LogP contribution in [0.5, 0.6) is 0 Å². The lowest BCUT2D eigenvalue weighted by Crippen LogP contribution is -2.44. The van der Waals surface area contributed by atoms with Crippen LogP contribution in [0.4, 0.5) is 17.1 Å². The molecule has 1 heterocycles. The van der Waals surface area contributed by atoms with Gasteiger partial charge in [-0.25, -0.2) is 0 Å². The van der Waals surface area contributed by atoms with E-state index in [0.29, 0.717) is 15.6 Å². The highest BCUT2D eigenvalue weighted by atomic mass is 35.5. The molecule has 170 valence electrons. The molecule has 3 aromatic rings. The van der Waals surface area contributed by atoms with Gasteiger partial charge in [-0.1, -0.05) is 41.6 Å². The highest BCUT2D eigenvalue weighted by molar-refractivity contribution is 7.99. The Morgan fingerprint density at radius 2 is 1.76 bits per heavy atom. The molecule has 0 saturated carbocycles. The number of carbonyl (C=O) groups excluding carboxylic acids is 1. The van der Waals surface area contributed by atoms with Crippen LogP contribution in [0.15, 0.2) is 76.5 Å². The van der Waals surface area contributed by atoms with E-state index in [-0.39, 0.29) is 11.3 Å². The SMILES string of the molecule is CN1CCN(c2ccc(Cl)cc2NC(=O)c2cc([N+](=O)[O-])ccc2Sc2ccccc2)CC1. The van der Waals surface area contributed by atoms with E-state index in [1.165, 1.54) is 23.9 Å². The summed E-state index contributed by atoms with van der Waals surface area (Å²) < 4.78 is 0. The van der Waals surface area contributed by atoms with E-state index in [0.717, 1.165) is 36.8 Å². The summed E-state index contributed by atoms with van der Waals surface area (Å²) >= 11 is 7.63. The maximum atomic E-state index is 13.4. The fourth-order valence-corrected chi connectivity index (χ4v) is 4.75. The number of rotatable bonds is 6. The smallest absolute Gasteiger partial charge is 0.270 e. The lowest BCUT2D eigenvalue weighted by Gasteiger charge is -2.35. The Morgan fingerprint density at radius 3 is 2.45 bits per heavy atom. The van der Waals surface area contributed by atoms with Crippen LogP contribution in [-0.4, -0.2) is 49.0 Å². The fraction of sp³-hybridized carbons (Fsp3) is 0.208.